The van der Waals surface area contributed by atoms with E-state index in [2.05, 4.69) is 17.6 Å². The van der Waals surface area contributed by atoms with E-state index in [1.165, 1.54) is 5.22 Å². The summed E-state index contributed by atoms with van der Waals surface area (Å²) in [6, 6.07) is 1.99. The maximum atomic E-state index is 4.05. The topological polar surface area (TPSA) is 12.9 Å². The van der Waals surface area contributed by atoms with E-state index in [4.69, 9.17) is 0 Å². The van der Waals surface area contributed by atoms with Gasteiger partial charge in [-0.2, -0.15) is 0 Å². The minimum absolute atomic E-state index is 1.05. The van der Waals surface area contributed by atoms with Gasteiger partial charge >= 0.3 is 0 Å². The highest BCUT2D eigenvalue weighted by Gasteiger charge is 1.82. The van der Waals surface area contributed by atoms with Gasteiger partial charge in [-0.25, -0.2) is 0 Å². The monoisotopic (exact) mass is 159 g/mol. The van der Waals surface area contributed by atoms with Gasteiger partial charge < -0.3 is 0 Å². The summed E-state index contributed by atoms with van der Waals surface area (Å²) in [6.07, 6.45) is 7.74. The minimum atomic E-state index is 1.05. The first-order chi connectivity index (χ1) is 5.74. The van der Waals surface area contributed by atoms with Crippen LogP contribution in [0, 0.1) is 0 Å². The number of aromatic nitrogens is 1. The molecule has 0 N–H and O–H groups in total. The van der Waals surface area contributed by atoms with Crippen LogP contribution in [0.1, 0.15) is 13.8 Å². The van der Waals surface area contributed by atoms with Crippen molar-refractivity contribution in [1.29, 1.82) is 0 Å². The van der Waals surface area contributed by atoms with E-state index >= 15 is 0 Å². The molecule has 0 aromatic carbocycles. The van der Waals surface area contributed by atoms with Crippen molar-refractivity contribution < 1.29 is 0 Å². The van der Waals surface area contributed by atoms with Crippen LogP contribution in [-0.4, -0.2) is 4.98 Å². The summed E-state index contributed by atoms with van der Waals surface area (Å²) in [6.45, 7) is 7.83. The van der Waals surface area contributed by atoms with Crippen LogP contribution in [0.25, 0.3) is 12.2 Å². The lowest BCUT2D eigenvalue weighted by Crippen LogP contribution is -2.24. The molecule has 1 rings (SSSR count). The van der Waals surface area contributed by atoms with Gasteiger partial charge in [0.1, 0.15) is 0 Å². The lowest BCUT2D eigenvalue weighted by molar-refractivity contribution is 1.27. The lowest BCUT2D eigenvalue weighted by Gasteiger charge is -1.89. The summed E-state index contributed by atoms with van der Waals surface area (Å²) in [5.41, 5.74) is 1.05. The molecule has 1 nitrogen and oxygen atoms in total. The van der Waals surface area contributed by atoms with Crippen molar-refractivity contribution in [3.8, 4) is 0 Å². The molecule has 0 atom stereocenters. The van der Waals surface area contributed by atoms with Gasteiger partial charge in [0.05, 0.1) is 0 Å². The normalized spacial score (nSPS) is 13.5. The number of pyridine rings is 1. The van der Waals surface area contributed by atoms with E-state index in [0.717, 1.165) is 10.8 Å². The molecule has 1 aromatic rings. The maximum absolute atomic E-state index is 4.05. The first kappa shape index (κ1) is 8.72. The maximum Gasteiger partial charge on any atom is 0.0346 e. The van der Waals surface area contributed by atoms with Crippen LogP contribution in [0.15, 0.2) is 30.6 Å². The van der Waals surface area contributed by atoms with Crippen molar-refractivity contribution in [2.24, 2.45) is 0 Å². The first-order valence-corrected chi connectivity index (χ1v) is 3.97. The van der Waals surface area contributed by atoms with Crippen molar-refractivity contribution in [3.63, 3.8) is 0 Å². The third-order valence-electron chi connectivity index (χ3n) is 1.60. The largest absolute Gasteiger partial charge is 0.264 e. The van der Waals surface area contributed by atoms with E-state index in [1.54, 1.807) is 6.20 Å². The molecule has 0 saturated carbocycles. The van der Waals surface area contributed by atoms with Crippen LogP contribution in [0.2, 0.25) is 0 Å². The number of hydrogen-bond donors (Lipinski definition) is 0. The van der Waals surface area contributed by atoms with E-state index in [0.29, 0.717) is 0 Å². The molecule has 0 radical (unpaired) electrons. The Morgan fingerprint density at radius 2 is 2.25 bits per heavy atom. The summed E-state index contributed by atoms with van der Waals surface area (Å²) < 4.78 is 0. The third kappa shape index (κ3) is 2.06. The zero-order valence-electron chi connectivity index (χ0n) is 7.54. The Balaban J connectivity index is 3.43. The van der Waals surface area contributed by atoms with Gasteiger partial charge in [0.2, 0.25) is 0 Å². The van der Waals surface area contributed by atoms with Gasteiger partial charge in [0, 0.05) is 12.4 Å². The molecule has 0 aliphatic rings. The average Bonchev–Trinajstić information content (AvgIpc) is 2.04. The Kier molecular flexibility index (Phi) is 2.81. The highest BCUT2D eigenvalue weighted by molar-refractivity contribution is 5.43. The zero-order valence-corrected chi connectivity index (χ0v) is 7.54. The van der Waals surface area contributed by atoms with E-state index in [9.17, 15) is 0 Å². The fourth-order valence-electron chi connectivity index (χ4n) is 1.07. The second-order valence-corrected chi connectivity index (χ2v) is 2.78. The molecular formula is C11H13N. The molecular weight excluding hydrogens is 146 g/mol. The highest BCUT2D eigenvalue weighted by Crippen LogP contribution is 1.84. The van der Waals surface area contributed by atoms with Crippen LogP contribution in [0.5, 0.6) is 0 Å². The Hall–Kier alpha value is -1.37. The fraction of sp³-hybridized carbons (Fsp3) is 0.182. The number of allylic oxidation sites excluding steroid dienone is 1. The van der Waals surface area contributed by atoms with Crippen LogP contribution >= 0.6 is 0 Å². The molecule has 0 aliphatic carbocycles. The van der Waals surface area contributed by atoms with Crippen LogP contribution in [-0.2, 0) is 0 Å². The quantitative estimate of drug-likeness (QED) is 0.600. The van der Waals surface area contributed by atoms with Crippen molar-refractivity contribution >= 4 is 12.2 Å². The van der Waals surface area contributed by atoms with E-state index in [-0.39, 0.29) is 0 Å². The standard InChI is InChI=1S/C11H13N/c1-4-10-5-6-12-8-11(10)7-9(2)3/h4-8H,2H2,1,3H3/b10-4-,11-7-. The van der Waals surface area contributed by atoms with Gasteiger partial charge in [-0.15, -0.1) is 0 Å². The average molecular weight is 159 g/mol. The van der Waals surface area contributed by atoms with Gasteiger partial charge in [-0.1, -0.05) is 24.3 Å². The molecule has 0 spiro atoms. The number of rotatable bonds is 1. The van der Waals surface area contributed by atoms with Gasteiger partial charge in [-0.3, -0.25) is 4.98 Å². The van der Waals surface area contributed by atoms with Crippen molar-refractivity contribution in [1.82, 2.24) is 4.98 Å². The van der Waals surface area contributed by atoms with Crippen molar-refractivity contribution in [3.05, 3.63) is 41.0 Å². The van der Waals surface area contributed by atoms with Crippen LogP contribution < -0.4 is 10.4 Å². The van der Waals surface area contributed by atoms with Crippen LogP contribution in [0.3, 0.4) is 0 Å². The molecule has 0 unspecified atom stereocenters. The summed E-state index contributed by atoms with van der Waals surface area (Å²) in [7, 11) is 0. The predicted octanol–water partition coefficient (Wildman–Crippen LogP) is 1.24. The van der Waals surface area contributed by atoms with Gasteiger partial charge in [0.25, 0.3) is 0 Å². The lowest BCUT2D eigenvalue weighted by atomic mass is 10.2. The SMILES string of the molecule is C=C(C)/C=c1/cncc/c1=C/C. The molecule has 0 bridgehead atoms. The van der Waals surface area contributed by atoms with Crippen LogP contribution in [0.4, 0.5) is 0 Å². The third-order valence-corrected chi connectivity index (χ3v) is 1.60. The van der Waals surface area contributed by atoms with E-state index < -0.39 is 0 Å². The molecule has 1 heterocycles. The summed E-state index contributed by atoms with van der Waals surface area (Å²) >= 11 is 0. The Morgan fingerprint density at radius 1 is 1.50 bits per heavy atom. The minimum Gasteiger partial charge on any atom is -0.264 e. The Labute approximate surface area is 72.8 Å². The molecule has 62 valence electrons. The summed E-state index contributed by atoms with van der Waals surface area (Å²) in [4.78, 5) is 4.05. The highest BCUT2D eigenvalue weighted by atomic mass is 14.6. The predicted molar refractivity (Wildman–Crippen MR) is 52.9 cm³/mol. The van der Waals surface area contributed by atoms with Crippen molar-refractivity contribution in [2.75, 3.05) is 0 Å². The molecule has 1 aromatic heterocycles. The number of hydrogen-bond acceptors (Lipinski definition) is 1. The molecule has 0 amide bonds. The first-order valence-electron chi connectivity index (χ1n) is 3.97. The van der Waals surface area contributed by atoms with E-state index in [1.807, 2.05) is 32.2 Å². The fourth-order valence-corrected chi connectivity index (χ4v) is 1.07. The molecule has 0 fully saturated rings. The Morgan fingerprint density at radius 3 is 2.83 bits per heavy atom. The molecule has 0 aliphatic heterocycles. The Bertz CT molecular complexity index is 388. The second kappa shape index (κ2) is 3.86. The zero-order chi connectivity index (χ0) is 8.97. The molecule has 1 heteroatoms. The van der Waals surface area contributed by atoms with Crippen molar-refractivity contribution in [2.45, 2.75) is 13.8 Å². The van der Waals surface area contributed by atoms with Gasteiger partial charge in [-0.05, 0) is 30.4 Å². The second-order valence-electron chi connectivity index (χ2n) is 2.78. The molecule has 0 saturated heterocycles. The van der Waals surface area contributed by atoms with Gasteiger partial charge in [0.15, 0.2) is 0 Å². The number of nitrogens with zero attached hydrogens (tertiary/aromatic N) is 1. The molecule has 12 heavy (non-hydrogen) atoms. The summed E-state index contributed by atoms with van der Waals surface area (Å²) in [5, 5.41) is 2.33. The summed E-state index contributed by atoms with van der Waals surface area (Å²) in [5.74, 6) is 0. The smallest absolute Gasteiger partial charge is 0.0346 e.